The van der Waals surface area contributed by atoms with Crippen LogP contribution in [0.15, 0.2) is 23.1 Å². The van der Waals surface area contributed by atoms with Crippen molar-refractivity contribution in [2.45, 2.75) is 199 Å². The van der Waals surface area contributed by atoms with Gasteiger partial charge in [-0.15, -0.1) is 0 Å². The van der Waals surface area contributed by atoms with Crippen LogP contribution in [0.5, 0.6) is 0 Å². The van der Waals surface area contributed by atoms with Crippen LogP contribution >= 0.6 is 0 Å². The maximum absolute atomic E-state index is 12.1. The molecular weight excluding hydrogens is 512 g/mol. The molecule has 4 heteroatoms. The Morgan fingerprint density at radius 3 is 1.15 bits per heavy atom. The zero-order valence-electron chi connectivity index (χ0n) is 26.7. The van der Waals surface area contributed by atoms with Crippen LogP contribution < -0.4 is 0 Å². The van der Waals surface area contributed by atoms with Crippen LogP contribution in [-0.2, 0) is 23.0 Å². The Morgan fingerprint density at radius 2 is 0.800 bits per heavy atom. The maximum Gasteiger partial charge on any atom is 0.294 e. The van der Waals surface area contributed by atoms with E-state index in [0.717, 1.165) is 43.2 Å². The van der Waals surface area contributed by atoms with E-state index in [1.165, 1.54) is 148 Å². The third-order valence-corrected chi connectivity index (χ3v) is 9.53. The van der Waals surface area contributed by atoms with Crippen LogP contribution in [-0.4, -0.2) is 13.0 Å². The first-order valence-electron chi connectivity index (χ1n) is 17.6. The van der Waals surface area contributed by atoms with Gasteiger partial charge >= 0.3 is 0 Å². The standard InChI is InChI=1S/C36H66O3S/c1-3-5-7-9-11-13-15-16-17-18-19-20-22-24-26-28-32-35-34(31-29-33-36(35)40(37,38)39)30-27-25-23-21-14-12-10-8-6-4-2/h29,31,33H,3-28,30,32H2,1-2H3,(H,37,38,39). The van der Waals surface area contributed by atoms with Gasteiger partial charge in [0.2, 0.25) is 0 Å². The van der Waals surface area contributed by atoms with Gasteiger partial charge in [-0.05, 0) is 42.9 Å². The summed E-state index contributed by atoms with van der Waals surface area (Å²) in [7, 11) is -4.18. The van der Waals surface area contributed by atoms with Crippen LogP contribution in [0.2, 0.25) is 0 Å². The third-order valence-electron chi connectivity index (χ3n) is 8.59. The van der Waals surface area contributed by atoms with Crippen molar-refractivity contribution in [2.24, 2.45) is 0 Å². The number of benzene rings is 1. The van der Waals surface area contributed by atoms with Crippen LogP contribution in [0, 0.1) is 0 Å². The summed E-state index contributed by atoms with van der Waals surface area (Å²) in [6, 6.07) is 5.45. The molecule has 0 saturated heterocycles. The Hall–Kier alpha value is -0.870. The van der Waals surface area contributed by atoms with Gasteiger partial charge in [-0.3, -0.25) is 4.55 Å². The molecule has 234 valence electrons. The summed E-state index contributed by atoms with van der Waals surface area (Å²) in [5.41, 5.74) is 1.99. The highest BCUT2D eigenvalue weighted by Crippen LogP contribution is 2.25. The molecule has 0 atom stereocenters. The molecule has 40 heavy (non-hydrogen) atoms. The Kier molecular flexibility index (Phi) is 24.0. The molecule has 0 bridgehead atoms. The number of unbranched alkanes of at least 4 members (excludes halogenated alkanes) is 24. The van der Waals surface area contributed by atoms with Gasteiger partial charge in [0, 0.05) is 0 Å². The first-order chi connectivity index (χ1) is 19.5. The fourth-order valence-corrected chi connectivity index (χ4v) is 6.82. The van der Waals surface area contributed by atoms with Crippen molar-refractivity contribution in [3.63, 3.8) is 0 Å². The molecule has 0 spiro atoms. The van der Waals surface area contributed by atoms with Gasteiger partial charge in [-0.25, -0.2) is 0 Å². The molecule has 0 aliphatic carbocycles. The Balaban J connectivity index is 2.21. The highest BCUT2D eigenvalue weighted by molar-refractivity contribution is 7.85. The van der Waals surface area contributed by atoms with Crippen LogP contribution in [0.25, 0.3) is 0 Å². The van der Waals surface area contributed by atoms with Gasteiger partial charge in [0.15, 0.2) is 0 Å². The van der Waals surface area contributed by atoms with Crippen molar-refractivity contribution in [3.05, 3.63) is 29.3 Å². The molecule has 0 fully saturated rings. The second-order valence-corrected chi connectivity index (χ2v) is 13.7. The number of hydrogen-bond donors (Lipinski definition) is 1. The summed E-state index contributed by atoms with van der Waals surface area (Å²) < 4.78 is 34.0. The van der Waals surface area contributed by atoms with Crippen LogP contribution in [0.1, 0.15) is 192 Å². The van der Waals surface area contributed by atoms with E-state index < -0.39 is 10.1 Å². The van der Waals surface area contributed by atoms with Crippen LogP contribution in [0.3, 0.4) is 0 Å². The van der Waals surface area contributed by atoms with Crippen molar-refractivity contribution in [2.75, 3.05) is 0 Å². The molecular formula is C36H66O3S. The molecule has 0 aromatic heterocycles. The van der Waals surface area contributed by atoms with Gasteiger partial charge in [-0.2, -0.15) is 8.42 Å². The predicted molar refractivity (Wildman–Crippen MR) is 175 cm³/mol. The van der Waals surface area contributed by atoms with Gasteiger partial charge in [0.25, 0.3) is 10.1 Å². The second-order valence-electron chi connectivity index (χ2n) is 12.4. The quantitative estimate of drug-likeness (QED) is 0.0759. The maximum atomic E-state index is 12.1. The van der Waals surface area contributed by atoms with E-state index in [-0.39, 0.29) is 4.90 Å². The Bertz CT molecular complexity index is 802. The smallest absolute Gasteiger partial charge is 0.282 e. The van der Waals surface area contributed by atoms with E-state index in [1.807, 2.05) is 0 Å². The lowest BCUT2D eigenvalue weighted by Crippen LogP contribution is -2.07. The van der Waals surface area contributed by atoms with Crippen molar-refractivity contribution >= 4 is 10.1 Å². The van der Waals surface area contributed by atoms with Crippen molar-refractivity contribution in [1.29, 1.82) is 0 Å². The first-order valence-corrected chi connectivity index (χ1v) is 19.0. The molecule has 1 aromatic carbocycles. The summed E-state index contributed by atoms with van der Waals surface area (Å²) in [4.78, 5) is 0.137. The number of aryl methyl sites for hydroxylation is 1. The van der Waals surface area contributed by atoms with E-state index in [2.05, 4.69) is 19.9 Å². The summed E-state index contributed by atoms with van der Waals surface area (Å²) >= 11 is 0. The highest BCUT2D eigenvalue weighted by atomic mass is 32.2. The summed E-state index contributed by atoms with van der Waals surface area (Å²) in [5, 5.41) is 0. The fourth-order valence-electron chi connectivity index (χ4n) is 6.02. The molecule has 1 aromatic rings. The average molecular weight is 579 g/mol. The normalized spacial score (nSPS) is 11.9. The minimum atomic E-state index is -4.18. The zero-order chi connectivity index (χ0) is 29.2. The minimum absolute atomic E-state index is 0.137. The summed E-state index contributed by atoms with van der Waals surface area (Å²) in [6.07, 6.45) is 36.0. The highest BCUT2D eigenvalue weighted by Gasteiger charge is 2.17. The molecule has 0 unspecified atom stereocenters. The van der Waals surface area contributed by atoms with E-state index >= 15 is 0 Å². The first kappa shape index (κ1) is 37.2. The fraction of sp³-hybridized carbons (Fsp3) is 0.833. The van der Waals surface area contributed by atoms with Crippen molar-refractivity contribution in [1.82, 2.24) is 0 Å². The molecule has 0 radical (unpaired) electrons. The molecule has 1 rings (SSSR count). The predicted octanol–water partition coefficient (Wildman–Crippen LogP) is 12.2. The monoisotopic (exact) mass is 578 g/mol. The number of hydrogen-bond acceptors (Lipinski definition) is 2. The lowest BCUT2D eigenvalue weighted by molar-refractivity contribution is 0.481. The van der Waals surface area contributed by atoms with Crippen molar-refractivity contribution in [3.8, 4) is 0 Å². The molecule has 0 aliphatic heterocycles. The van der Waals surface area contributed by atoms with E-state index in [9.17, 15) is 13.0 Å². The van der Waals surface area contributed by atoms with Gasteiger partial charge in [-0.1, -0.05) is 180 Å². The lowest BCUT2D eigenvalue weighted by atomic mass is 9.96. The van der Waals surface area contributed by atoms with Gasteiger partial charge < -0.3 is 0 Å². The topological polar surface area (TPSA) is 54.4 Å². The Morgan fingerprint density at radius 1 is 0.475 bits per heavy atom. The summed E-state index contributed by atoms with van der Waals surface area (Å²) in [5.74, 6) is 0. The largest absolute Gasteiger partial charge is 0.294 e. The second kappa shape index (κ2) is 25.8. The average Bonchev–Trinajstić information content (AvgIpc) is 2.93. The minimum Gasteiger partial charge on any atom is -0.282 e. The zero-order valence-corrected chi connectivity index (χ0v) is 27.5. The molecule has 1 N–H and O–H groups in total. The van der Waals surface area contributed by atoms with E-state index in [1.54, 1.807) is 12.1 Å². The molecule has 0 saturated carbocycles. The SMILES string of the molecule is CCCCCCCCCCCCCCCCCCc1c(CCCCCCCCCCCC)cccc1S(=O)(=O)O. The van der Waals surface area contributed by atoms with Crippen LogP contribution in [0.4, 0.5) is 0 Å². The van der Waals surface area contributed by atoms with E-state index in [0.29, 0.717) is 0 Å². The summed E-state index contributed by atoms with van der Waals surface area (Å²) in [6.45, 7) is 4.54. The number of rotatable bonds is 29. The molecule has 0 amide bonds. The molecule has 3 nitrogen and oxygen atoms in total. The Labute approximate surface area is 250 Å². The van der Waals surface area contributed by atoms with Gasteiger partial charge in [0.1, 0.15) is 0 Å². The molecule has 0 aliphatic rings. The van der Waals surface area contributed by atoms with E-state index in [4.69, 9.17) is 0 Å². The molecule has 0 heterocycles. The van der Waals surface area contributed by atoms with Gasteiger partial charge in [0.05, 0.1) is 4.90 Å². The lowest BCUT2D eigenvalue weighted by Gasteiger charge is -2.14. The van der Waals surface area contributed by atoms with Crippen molar-refractivity contribution < 1.29 is 13.0 Å². The third kappa shape index (κ3) is 20.1.